The number of nitrogens with zero attached hydrogens (tertiary/aromatic N) is 3. The van der Waals surface area contributed by atoms with Crippen LogP contribution in [0.2, 0.25) is 0 Å². The predicted molar refractivity (Wildman–Crippen MR) is 69.8 cm³/mol. The summed E-state index contributed by atoms with van der Waals surface area (Å²) in [4.78, 5) is 3.21. The zero-order chi connectivity index (χ0) is 11.5. The molecule has 2 heterocycles. The van der Waals surface area contributed by atoms with Gasteiger partial charge >= 0.3 is 0 Å². The molecule has 16 heavy (non-hydrogen) atoms. The maximum absolute atomic E-state index is 4.20. The van der Waals surface area contributed by atoms with Gasteiger partial charge in [0.25, 0.3) is 0 Å². The molecule has 1 aliphatic rings. The van der Waals surface area contributed by atoms with E-state index in [1.54, 1.807) is 0 Å². The molecule has 2 rings (SSSR count). The van der Waals surface area contributed by atoms with Gasteiger partial charge in [-0.2, -0.15) is 5.10 Å². The van der Waals surface area contributed by atoms with E-state index in [1.807, 2.05) is 17.9 Å². The Morgan fingerprint density at radius 1 is 1.56 bits per heavy atom. The average Bonchev–Trinajstić information content (AvgIpc) is 2.66. The fourth-order valence-electron chi connectivity index (χ4n) is 2.18. The third-order valence-electron chi connectivity index (χ3n) is 3.43. The first-order valence-corrected chi connectivity index (χ1v) is 6.90. The van der Waals surface area contributed by atoms with E-state index in [-0.39, 0.29) is 0 Å². The molecule has 90 valence electrons. The first-order chi connectivity index (χ1) is 7.65. The molecule has 0 amide bonds. The summed E-state index contributed by atoms with van der Waals surface area (Å²) in [5, 5.41) is 4.20. The van der Waals surface area contributed by atoms with Crippen molar-refractivity contribution in [3.05, 3.63) is 18.0 Å². The molecule has 1 aromatic heterocycles. The van der Waals surface area contributed by atoms with Gasteiger partial charge in [0, 0.05) is 31.2 Å². The van der Waals surface area contributed by atoms with Gasteiger partial charge in [-0.05, 0) is 30.9 Å². The molecule has 4 heteroatoms. The molecule has 1 saturated heterocycles. The number of halogens is 1. The van der Waals surface area contributed by atoms with Crippen LogP contribution in [0.25, 0.3) is 0 Å². The van der Waals surface area contributed by atoms with Gasteiger partial charge in [0.2, 0.25) is 0 Å². The number of alkyl halides is 1. The molecule has 0 spiro atoms. The highest BCUT2D eigenvalue weighted by Gasteiger charge is 2.23. The van der Waals surface area contributed by atoms with Gasteiger partial charge in [-0.15, -0.1) is 0 Å². The standard InChI is InChI=1S/C12H20BrN3/c1-10-3-5-16(9-12(10)13)6-4-11-7-14-15(2)8-11/h7-8,10,12H,3-6,9H2,1-2H3. The van der Waals surface area contributed by atoms with E-state index in [1.165, 1.54) is 25.1 Å². The van der Waals surface area contributed by atoms with Crippen LogP contribution in [-0.2, 0) is 13.5 Å². The molecule has 0 aromatic carbocycles. The van der Waals surface area contributed by atoms with Crippen LogP contribution in [-0.4, -0.2) is 39.1 Å². The molecule has 1 aromatic rings. The van der Waals surface area contributed by atoms with E-state index >= 15 is 0 Å². The van der Waals surface area contributed by atoms with E-state index in [4.69, 9.17) is 0 Å². The number of aryl methyl sites for hydroxylation is 1. The van der Waals surface area contributed by atoms with Crippen molar-refractivity contribution in [2.45, 2.75) is 24.6 Å². The average molecular weight is 286 g/mol. The second kappa shape index (κ2) is 5.32. The van der Waals surface area contributed by atoms with E-state index in [9.17, 15) is 0 Å². The largest absolute Gasteiger partial charge is 0.302 e. The Labute approximate surface area is 106 Å². The van der Waals surface area contributed by atoms with Crippen LogP contribution in [0.15, 0.2) is 12.4 Å². The van der Waals surface area contributed by atoms with Crippen molar-refractivity contribution in [2.24, 2.45) is 13.0 Å². The van der Waals surface area contributed by atoms with Crippen LogP contribution in [0.5, 0.6) is 0 Å². The number of piperidine rings is 1. The van der Waals surface area contributed by atoms with Crippen molar-refractivity contribution in [1.29, 1.82) is 0 Å². The van der Waals surface area contributed by atoms with Crippen LogP contribution < -0.4 is 0 Å². The summed E-state index contributed by atoms with van der Waals surface area (Å²) in [6.07, 6.45) is 6.50. The summed E-state index contributed by atoms with van der Waals surface area (Å²) in [6, 6.07) is 0. The Bertz CT molecular complexity index is 337. The number of rotatable bonds is 3. The molecule has 1 aliphatic heterocycles. The summed E-state index contributed by atoms with van der Waals surface area (Å²) in [6.45, 7) is 5.91. The Morgan fingerprint density at radius 3 is 3.00 bits per heavy atom. The van der Waals surface area contributed by atoms with Gasteiger partial charge in [0.1, 0.15) is 0 Å². The fourth-order valence-corrected chi connectivity index (χ4v) is 2.85. The fraction of sp³-hybridized carbons (Fsp3) is 0.750. The van der Waals surface area contributed by atoms with Crippen LogP contribution in [0.4, 0.5) is 0 Å². The van der Waals surface area contributed by atoms with E-state index in [0.29, 0.717) is 4.83 Å². The molecule has 1 fully saturated rings. The number of aromatic nitrogens is 2. The van der Waals surface area contributed by atoms with Gasteiger partial charge in [0.15, 0.2) is 0 Å². The van der Waals surface area contributed by atoms with Crippen LogP contribution >= 0.6 is 15.9 Å². The minimum Gasteiger partial charge on any atom is -0.302 e. The first-order valence-electron chi connectivity index (χ1n) is 5.99. The second-order valence-corrected chi connectivity index (χ2v) is 6.03. The van der Waals surface area contributed by atoms with Crippen LogP contribution in [0, 0.1) is 5.92 Å². The van der Waals surface area contributed by atoms with Crippen LogP contribution in [0.3, 0.4) is 0 Å². The number of hydrogen-bond donors (Lipinski definition) is 0. The Morgan fingerprint density at radius 2 is 2.38 bits per heavy atom. The minimum absolute atomic E-state index is 0.662. The third-order valence-corrected chi connectivity index (χ3v) is 4.62. The lowest BCUT2D eigenvalue weighted by atomic mass is 9.99. The van der Waals surface area contributed by atoms with Gasteiger partial charge in [-0.25, -0.2) is 0 Å². The lowest BCUT2D eigenvalue weighted by Gasteiger charge is -2.34. The first kappa shape index (κ1) is 12.1. The van der Waals surface area contributed by atoms with Gasteiger partial charge in [0.05, 0.1) is 6.20 Å². The summed E-state index contributed by atoms with van der Waals surface area (Å²) < 4.78 is 1.88. The van der Waals surface area contributed by atoms with E-state index < -0.39 is 0 Å². The normalized spacial score (nSPS) is 27.2. The molecule has 2 atom stereocenters. The molecule has 0 aliphatic carbocycles. The van der Waals surface area contributed by atoms with Crippen molar-refractivity contribution < 1.29 is 0 Å². The third kappa shape index (κ3) is 3.08. The highest BCUT2D eigenvalue weighted by molar-refractivity contribution is 9.09. The topological polar surface area (TPSA) is 21.1 Å². The monoisotopic (exact) mass is 285 g/mol. The van der Waals surface area contributed by atoms with Crippen LogP contribution in [0.1, 0.15) is 18.9 Å². The maximum atomic E-state index is 4.20. The van der Waals surface area contributed by atoms with Gasteiger partial charge in [-0.3, -0.25) is 4.68 Å². The summed E-state index contributed by atoms with van der Waals surface area (Å²) in [5.41, 5.74) is 1.34. The number of likely N-dealkylation sites (tertiary alicyclic amines) is 1. The lowest BCUT2D eigenvalue weighted by Crippen LogP contribution is -2.40. The lowest BCUT2D eigenvalue weighted by molar-refractivity contribution is 0.203. The predicted octanol–water partition coefficient (Wildman–Crippen LogP) is 2.07. The molecule has 3 nitrogen and oxygen atoms in total. The molecule has 0 saturated carbocycles. The molecular formula is C12H20BrN3. The molecule has 0 radical (unpaired) electrons. The number of hydrogen-bond acceptors (Lipinski definition) is 2. The van der Waals surface area contributed by atoms with Gasteiger partial charge in [-0.1, -0.05) is 22.9 Å². The highest BCUT2D eigenvalue weighted by Crippen LogP contribution is 2.23. The molecule has 2 unspecified atom stereocenters. The van der Waals surface area contributed by atoms with Crippen molar-refractivity contribution >= 4 is 15.9 Å². The Hall–Kier alpha value is -0.350. The van der Waals surface area contributed by atoms with Gasteiger partial charge < -0.3 is 4.90 Å². The zero-order valence-electron chi connectivity index (χ0n) is 10.1. The summed E-state index contributed by atoms with van der Waals surface area (Å²) in [7, 11) is 1.97. The van der Waals surface area contributed by atoms with E-state index in [0.717, 1.165) is 18.9 Å². The highest BCUT2D eigenvalue weighted by atomic mass is 79.9. The minimum atomic E-state index is 0.662. The van der Waals surface area contributed by atoms with Crippen molar-refractivity contribution in [3.63, 3.8) is 0 Å². The quantitative estimate of drug-likeness (QED) is 0.793. The van der Waals surface area contributed by atoms with Crippen molar-refractivity contribution in [3.8, 4) is 0 Å². The summed E-state index contributed by atoms with van der Waals surface area (Å²) in [5.74, 6) is 0.814. The maximum Gasteiger partial charge on any atom is 0.0522 e. The molecule has 0 bridgehead atoms. The zero-order valence-corrected chi connectivity index (χ0v) is 11.7. The summed E-state index contributed by atoms with van der Waals surface area (Å²) >= 11 is 3.77. The van der Waals surface area contributed by atoms with Crippen molar-refractivity contribution in [2.75, 3.05) is 19.6 Å². The Balaban J connectivity index is 1.78. The van der Waals surface area contributed by atoms with E-state index in [2.05, 4.69) is 39.0 Å². The second-order valence-electron chi connectivity index (χ2n) is 4.85. The molecule has 0 N–H and O–H groups in total. The molecular weight excluding hydrogens is 266 g/mol. The van der Waals surface area contributed by atoms with Crippen molar-refractivity contribution in [1.82, 2.24) is 14.7 Å². The Kier molecular flexibility index (Phi) is 4.03. The smallest absolute Gasteiger partial charge is 0.0522 e. The SMILES string of the molecule is CC1CCN(CCc2cnn(C)c2)CC1Br.